The Balaban J connectivity index is 1.33. The topological polar surface area (TPSA) is 60.1 Å². The zero-order chi connectivity index (χ0) is 20.4. The maximum Gasteiger partial charge on any atom is 0.330 e. The Bertz CT molecular complexity index is 1070. The number of carbonyl (C=O) groups is 1. The van der Waals surface area contributed by atoms with E-state index in [4.69, 9.17) is 0 Å². The number of rotatable bonds is 5. The number of thioether (sulfide) groups is 1. The van der Waals surface area contributed by atoms with Gasteiger partial charge in [0.2, 0.25) is 5.91 Å². The molecular formula is C21H23FN4O2S. The fourth-order valence-corrected chi connectivity index (χ4v) is 4.59. The average molecular weight is 415 g/mol. The Morgan fingerprint density at radius 2 is 1.93 bits per heavy atom. The van der Waals surface area contributed by atoms with Crippen LogP contribution in [-0.2, 0) is 18.4 Å². The Kier molecular flexibility index (Phi) is 5.71. The van der Waals surface area contributed by atoms with Gasteiger partial charge in [-0.3, -0.25) is 13.9 Å². The molecule has 8 heteroatoms. The van der Waals surface area contributed by atoms with E-state index < -0.39 is 0 Å². The van der Waals surface area contributed by atoms with Crippen molar-refractivity contribution in [1.29, 1.82) is 0 Å². The minimum atomic E-state index is -0.275. The number of nitrogens with zero attached hydrogens (tertiary/aromatic N) is 4. The van der Waals surface area contributed by atoms with E-state index in [1.54, 1.807) is 34.5 Å². The molecule has 1 aliphatic heterocycles. The molecule has 0 spiro atoms. The molecule has 1 aliphatic rings. The summed E-state index contributed by atoms with van der Waals surface area (Å²) in [6.07, 6.45) is 3.43. The van der Waals surface area contributed by atoms with Crippen molar-refractivity contribution in [3.8, 4) is 0 Å². The Morgan fingerprint density at radius 3 is 2.66 bits per heavy atom. The molecule has 3 aromatic rings. The van der Waals surface area contributed by atoms with Crippen LogP contribution in [0.5, 0.6) is 0 Å². The van der Waals surface area contributed by atoms with E-state index in [-0.39, 0.29) is 17.4 Å². The number of hydrogen-bond acceptors (Lipinski definition) is 4. The fourth-order valence-electron chi connectivity index (χ4n) is 3.79. The highest BCUT2D eigenvalue weighted by Crippen LogP contribution is 2.23. The molecule has 1 amide bonds. The summed E-state index contributed by atoms with van der Waals surface area (Å²) in [4.78, 5) is 32.2. The summed E-state index contributed by atoms with van der Waals surface area (Å²) in [5.41, 5.74) is 1.50. The zero-order valence-corrected chi connectivity index (χ0v) is 17.1. The van der Waals surface area contributed by atoms with E-state index in [1.807, 2.05) is 17.0 Å². The van der Waals surface area contributed by atoms with E-state index in [1.165, 1.54) is 23.9 Å². The van der Waals surface area contributed by atoms with Crippen LogP contribution in [0.3, 0.4) is 0 Å². The van der Waals surface area contributed by atoms with Crippen LogP contribution < -0.4 is 5.69 Å². The molecule has 0 radical (unpaired) electrons. The van der Waals surface area contributed by atoms with E-state index >= 15 is 0 Å². The van der Waals surface area contributed by atoms with Gasteiger partial charge in [0, 0.05) is 37.8 Å². The molecular weight excluding hydrogens is 391 g/mol. The van der Waals surface area contributed by atoms with Gasteiger partial charge in [-0.05, 0) is 55.2 Å². The number of pyridine rings is 1. The molecule has 2 aromatic heterocycles. The maximum absolute atomic E-state index is 13.0. The number of halogens is 1. The van der Waals surface area contributed by atoms with Crippen molar-refractivity contribution in [3.05, 3.63) is 58.9 Å². The molecule has 0 atom stereocenters. The van der Waals surface area contributed by atoms with Crippen LogP contribution in [0.1, 0.15) is 12.8 Å². The largest absolute Gasteiger partial charge is 0.342 e. The molecule has 0 N–H and O–H groups in total. The normalized spacial score (nSPS) is 15.2. The summed E-state index contributed by atoms with van der Waals surface area (Å²) in [6.45, 7) is 2.01. The summed E-state index contributed by atoms with van der Waals surface area (Å²) in [5.74, 6) is 0.516. The number of hydrogen-bond donors (Lipinski definition) is 0. The van der Waals surface area contributed by atoms with Crippen molar-refractivity contribution in [1.82, 2.24) is 19.0 Å². The fraction of sp³-hybridized carbons (Fsp3) is 0.381. The third kappa shape index (κ3) is 4.22. The second-order valence-corrected chi connectivity index (χ2v) is 8.41. The maximum atomic E-state index is 13.0. The molecule has 1 saturated heterocycles. The second kappa shape index (κ2) is 8.41. The van der Waals surface area contributed by atoms with Gasteiger partial charge in [0.05, 0.1) is 11.3 Å². The summed E-state index contributed by atoms with van der Waals surface area (Å²) < 4.78 is 16.4. The third-order valence-electron chi connectivity index (χ3n) is 5.48. The Morgan fingerprint density at radius 1 is 1.21 bits per heavy atom. The highest BCUT2D eigenvalue weighted by atomic mass is 32.2. The quantitative estimate of drug-likeness (QED) is 0.603. The van der Waals surface area contributed by atoms with Gasteiger partial charge in [0.15, 0.2) is 5.65 Å². The smallest absolute Gasteiger partial charge is 0.330 e. The van der Waals surface area contributed by atoms with E-state index in [9.17, 15) is 14.0 Å². The minimum absolute atomic E-state index is 0.0482. The molecule has 29 heavy (non-hydrogen) atoms. The van der Waals surface area contributed by atoms with E-state index in [0.29, 0.717) is 37.0 Å². The van der Waals surface area contributed by atoms with Crippen LogP contribution in [0.2, 0.25) is 0 Å². The van der Waals surface area contributed by atoms with Gasteiger partial charge in [0.25, 0.3) is 0 Å². The molecule has 3 heterocycles. The molecule has 1 fully saturated rings. The van der Waals surface area contributed by atoms with Crippen molar-refractivity contribution < 1.29 is 9.18 Å². The van der Waals surface area contributed by atoms with Gasteiger partial charge < -0.3 is 4.90 Å². The second-order valence-electron chi connectivity index (χ2n) is 7.37. The number of carbonyl (C=O) groups excluding carboxylic acids is 1. The number of piperidine rings is 1. The molecule has 0 unspecified atom stereocenters. The first-order valence-electron chi connectivity index (χ1n) is 9.69. The number of fused-ring (bicyclic) bond motifs is 1. The summed E-state index contributed by atoms with van der Waals surface area (Å²) >= 11 is 1.43. The molecule has 1 aromatic carbocycles. The number of likely N-dealkylation sites (tertiary alicyclic amines) is 1. The summed E-state index contributed by atoms with van der Waals surface area (Å²) in [7, 11) is 1.77. The molecule has 0 saturated carbocycles. The lowest BCUT2D eigenvalue weighted by Gasteiger charge is -2.32. The first-order chi connectivity index (χ1) is 14.0. The Labute approximate surface area is 172 Å². The molecule has 6 nitrogen and oxygen atoms in total. The molecule has 152 valence electrons. The van der Waals surface area contributed by atoms with Gasteiger partial charge in [-0.1, -0.05) is 0 Å². The number of aromatic nitrogens is 3. The predicted molar refractivity (Wildman–Crippen MR) is 111 cm³/mol. The standard InChI is InChI=1S/C21H23FN4O2S/c1-24-18-3-2-10-23-20(18)26(21(24)28)13-15-8-11-25(12-9-15)19(27)14-29-17-6-4-16(22)5-7-17/h2-7,10,15H,8-9,11-14H2,1H3. The highest BCUT2D eigenvalue weighted by Gasteiger charge is 2.24. The monoisotopic (exact) mass is 414 g/mol. The van der Waals surface area contributed by atoms with Crippen LogP contribution in [0.15, 0.2) is 52.3 Å². The van der Waals surface area contributed by atoms with Gasteiger partial charge in [-0.2, -0.15) is 0 Å². The molecule has 0 aliphatic carbocycles. The summed E-state index contributed by atoms with van der Waals surface area (Å²) in [5, 5.41) is 0. The first-order valence-corrected chi connectivity index (χ1v) is 10.7. The van der Waals surface area contributed by atoms with Gasteiger partial charge >= 0.3 is 5.69 Å². The van der Waals surface area contributed by atoms with Gasteiger partial charge in [-0.25, -0.2) is 14.2 Å². The number of benzene rings is 1. The van der Waals surface area contributed by atoms with E-state index in [2.05, 4.69) is 4.98 Å². The van der Waals surface area contributed by atoms with Gasteiger partial charge in [0.1, 0.15) is 5.82 Å². The molecule has 0 bridgehead atoms. The number of imidazole rings is 1. The third-order valence-corrected chi connectivity index (χ3v) is 6.48. The lowest BCUT2D eigenvalue weighted by atomic mass is 9.96. The number of amides is 1. The van der Waals surface area contributed by atoms with Crippen molar-refractivity contribution in [2.75, 3.05) is 18.8 Å². The zero-order valence-electron chi connectivity index (χ0n) is 16.3. The first kappa shape index (κ1) is 19.7. The van der Waals surface area contributed by atoms with Crippen LogP contribution in [0, 0.1) is 11.7 Å². The van der Waals surface area contributed by atoms with Crippen LogP contribution in [0.4, 0.5) is 4.39 Å². The Hall–Kier alpha value is -2.61. The van der Waals surface area contributed by atoms with Crippen molar-refractivity contribution >= 4 is 28.8 Å². The SMILES string of the molecule is Cn1c(=O)n(CC2CCN(C(=O)CSc3ccc(F)cc3)CC2)c2ncccc21. The van der Waals surface area contributed by atoms with Crippen LogP contribution >= 0.6 is 11.8 Å². The van der Waals surface area contributed by atoms with Crippen LogP contribution in [0.25, 0.3) is 11.2 Å². The lowest BCUT2D eigenvalue weighted by Crippen LogP contribution is -2.40. The summed E-state index contributed by atoms with van der Waals surface area (Å²) in [6, 6.07) is 9.93. The van der Waals surface area contributed by atoms with Crippen molar-refractivity contribution in [2.45, 2.75) is 24.3 Å². The average Bonchev–Trinajstić information content (AvgIpc) is 2.99. The van der Waals surface area contributed by atoms with Crippen molar-refractivity contribution in [2.24, 2.45) is 13.0 Å². The van der Waals surface area contributed by atoms with E-state index in [0.717, 1.165) is 23.3 Å². The highest BCUT2D eigenvalue weighted by molar-refractivity contribution is 8.00. The minimum Gasteiger partial charge on any atom is -0.342 e. The number of aryl methyl sites for hydroxylation is 1. The lowest BCUT2D eigenvalue weighted by molar-refractivity contribution is -0.129. The molecule has 4 rings (SSSR count). The van der Waals surface area contributed by atoms with Gasteiger partial charge in [-0.15, -0.1) is 11.8 Å². The predicted octanol–water partition coefficient (Wildman–Crippen LogP) is 2.91. The van der Waals surface area contributed by atoms with Crippen molar-refractivity contribution in [3.63, 3.8) is 0 Å². The van der Waals surface area contributed by atoms with Crippen LogP contribution in [-0.4, -0.2) is 43.8 Å².